The second kappa shape index (κ2) is 8.63. The predicted molar refractivity (Wildman–Crippen MR) is 119 cm³/mol. The molecule has 3 aromatic rings. The van der Waals surface area contributed by atoms with Gasteiger partial charge in [0.25, 0.3) is 0 Å². The van der Waals surface area contributed by atoms with Gasteiger partial charge in [0.1, 0.15) is 12.0 Å². The van der Waals surface area contributed by atoms with E-state index >= 15 is 0 Å². The molecule has 2 heterocycles. The summed E-state index contributed by atoms with van der Waals surface area (Å²) in [5, 5.41) is 11.5. The maximum absolute atomic E-state index is 9.15. The van der Waals surface area contributed by atoms with Crippen LogP contribution in [0.3, 0.4) is 0 Å². The highest BCUT2D eigenvalue weighted by Gasteiger charge is 2.23. The summed E-state index contributed by atoms with van der Waals surface area (Å²) in [6.45, 7) is 7.21. The molecular formula is C22H28N6O. The molecular weight excluding hydrogens is 364 g/mol. The molecule has 7 nitrogen and oxygen atoms in total. The molecule has 0 radical (unpaired) electrons. The van der Waals surface area contributed by atoms with Crippen LogP contribution in [0.25, 0.3) is 10.8 Å². The van der Waals surface area contributed by atoms with E-state index in [1.54, 1.807) is 6.33 Å². The normalized spacial score (nSPS) is 15.0. The molecule has 1 saturated heterocycles. The summed E-state index contributed by atoms with van der Waals surface area (Å²) >= 11 is 0. The number of nitrogen functional groups attached to an aromatic ring is 1. The number of piperazine rings is 1. The quantitative estimate of drug-likeness (QED) is 0.667. The standard InChI is InChI=1S/C22H28N6O/c1-2-28(19-9-5-7-17-6-3-4-8-18(17)19)22-20(23)21(24-16-25-22)27-12-10-26(11-13-27)14-15-29/h3-9,16,29H,2,10-15,23H2,1H3. The first-order chi connectivity index (χ1) is 14.2. The number of anilines is 4. The van der Waals surface area contributed by atoms with Crippen molar-refractivity contribution in [2.45, 2.75) is 6.92 Å². The Morgan fingerprint density at radius 3 is 2.55 bits per heavy atom. The number of β-amino-alcohol motifs (C(OH)–C–C–N with tert-alkyl or cyclic N) is 1. The van der Waals surface area contributed by atoms with Gasteiger partial charge in [-0.1, -0.05) is 36.4 Å². The molecule has 7 heteroatoms. The molecule has 0 aliphatic carbocycles. The molecule has 1 aliphatic heterocycles. The molecule has 1 aliphatic rings. The molecule has 0 atom stereocenters. The van der Waals surface area contributed by atoms with Crippen LogP contribution in [-0.2, 0) is 0 Å². The van der Waals surface area contributed by atoms with Crippen molar-refractivity contribution in [2.75, 3.05) is 61.4 Å². The molecule has 2 aromatic carbocycles. The van der Waals surface area contributed by atoms with Gasteiger partial charge in [0.2, 0.25) is 0 Å². The van der Waals surface area contributed by atoms with Crippen molar-refractivity contribution in [3.8, 4) is 0 Å². The van der Waals surface area contributed by atoms with Crippen molar-refractivity contribution in [2.24, 2.45) is 0 Å². The number of nitrogens with zero attached hydrogens (tertiary/aromatic N) is 5. The van der Waals surface area contributed by atoms with Crippen molar-refractivity contribution in [3.05, 3.63) is 48.8 Å². The van der Waals surface area contributed by atoms with Gasteiger partial charge in [0.15, 0.2) is 11.6 Å². The molecule has 4 rings (SSSR count). The Bertz CT molecular complexity index is 965. The van der Waals surface area contributed by atoms with Gasteiger partial charge in [-0.25, -0.2) is 9.97 Å². The lowest BCUT2D eigenvalue weighted by atomic mass is 10.1. The minimum Gasteiger partial charge on any atom is -0.395 e. The number of benzene rings is 2. The van der Waals surface area contributed by atoms with Crippen molar-refractivity contribution in [3.63, 3.8) is 0 Å². The van der Waals surface area contributed by atoms with Crippen molar-refractivity contribution in [1.29, 1.82) is 0 Å². The zero-order chi connectivity index (χ0) is 20.2. The Morgan fingerprint density at radius 2 is 1.79 bits per heavy atom. The monoisotopic (exact) mass is 392 g/mol. The van der Waals surface area contributed by atoms with E-state index < -0.39 is 0 Å². The number of hydrogen-bond acceptors (Lipinski definition) is 7. The topological polar surface area (TPSA) is 81.8 Å². The smallest absolute Gasteiger partial charge is 0.161 e. The molecule has 0 unspecified atom stereocenters. The Morgan fingerprint density at radius 1 is 1.03 bits per heavy atom. The first-order valence-electron chi connectivity index (χ1n) is 10.2. The van der Waals surface area contributed by atoms with Crippen LogP contribution in [0.5, 0.6) is 0 Å². The van der Waals surface area contributed by atoms with Crippen LogP contribution in [0, 0.1) is 0 Å². The highest BCUT2D eigenvalue weighted by molar-refractivity contribution is 5.97. The van der Waals surface area contributed by atoms with Crippen molar-refractivity contribution >= 4 is 33.8 Å². The third kappa shape index (κ3) is 3.83. The Labute approximate surface area is 171 Å². The summed E-state index contributed by atoms with van der Waals surface area (Å²) < 4.78 is 0. The average Bonchev–Trinajstić information content (AvgIpc) is 2.76. The number of nitrogens with two attached hydrogens (primary N) is 1. The van der Waals surface area contributed by atoms with Crippen LogP contribution in [-0.4, -0.2) is 65.8 Å². The molecule has 1 aromatic heterocycles. The Balaban J connectivity index is 1.67. The first-order valence-corrected chi connectivity index (χ1v) is 10.2. The predicted octanol–water partition coefficient (Wildman–Crippen LogP) is 2.48. The highest BCUT2D eigenvalue weighted by atomic mass is 16.3. The Hall–Kier alpha value is -2.90. The SMILES string of the molecule is CCN(c1ncnc(N2CCN(CCO)CC2)c1N)c1cccc2ccccc12. The summed E-state index contributed by atoms with van der Waals surface area (Å²) in [5.41, 5.74) is 8.30. The number of fused-ring (bicyclic) bond motifs is 1. The van der Waals surface area contributed by atoms with Gasteiger partial charge >= 0.3 is 0 Å². The van der Waals surface area contributed by atoms with Gasteiger partial charge in [-0.15, -0.1) is 0 Å². The lowest BCUT2D eigenvalue weighted by molar-refractivity contribution is 0.188. The number of aliphatic hydroxyl groups is 1. The van der Waals surface area contributed by atoms with Crippen LogP contribution < -0.4 is 15.5 Å². The molecule has 1 fully saturated rings. The number of hydrogen-bond donors (Lipinski definition) is 2. The molecule has 0 saturated carbocycles. The number of rotatable bonds is 6. The fourth-order valence-electron chi connectivity index (χ4n) is 4.05. The summed E-state index contributed by atoms with van der Waals surface area (Å²) in [6, 6.07) is 14.7. The van der Waals surface area contributed by atoms with Crippen LogP contribution in [0.4, 0.5) is 23.0 Å². The zero-order valence-electron chi connectivity index (χ0n) is 16.8. The van der Waals surface area contributed by atoms with Gasteiger partial charge in [-0.2, -0.15) is 0 Å². The maximum atomic E-state index is 9.15. The van der Waals surface area contributed by atoms with Crippen LogP contribution in [0.1, 0.15) is 6.92 Å². The lowest BCUT2D eigenvalue weighted by Crippen LogP contribution is -2.47. The Kier molecular flexibility index (Phi) is 5.78. The van der Waals surface area contributed by atoms with Gasteiger partial charge in [0, 0.05) is 44.7 Å². The third-order valence-electron chi connectivity index (χ3n) is 5.56. The lowest BCUT2D eigenvalue weighted by Gasteiger charge is -2.36. The zero-order valence-corrected chi connectivity index (χ0v) is 16.8. The largest absolute Gasteiger partial charge is 0.395 e. The molecule has 0 bridgehead atoms. The number of aromatic nitrogens is 2. The van der Waals surface area contributed by atoms with Gasteiger partial charge in [-0.05, 0) is 18.4 Å². The second-order valence-electron chi connectivity index (χ2n) is 7.23. The summed E-state index contributed by atoms with van der Waals surface area (Å²) in [5.74, 6) is 1.53. The van der Waals surface area contributed by atoms with E-state index in [2.05, 4.69) is 74.1 Å². The fourth-order valence-corrected chi connectivity index (χ4v) is 4.05. The molecule has 152 valence electrons. The van der Waals surface area contributed by atoms with Crippen molar-refractivity contribution in [1.82, 2.24) is 14.9 Å². The van der Waals surface area contributed by atoms with Crippen LogP contribution in [0.2, 0.25) is 0 Å². The van der Waals surface area contributed by atoms with Crippen molar-refractivity contribution < 1.29 is 5.11 Å². The molecule has 0 amide bonds. The summed E-state index contributed by atoms with van der Waals surface area (Å²) in [6.07, 6.45) is 1.61. The van der Waals surface area contributed by atoms with E-state index in [9.17, 15) is 0 Å². The van der Waals surface area contributed by atoms with Gasteiger partial charge in [0.05, 0.1) is 12.3 Å². The van der Waals surface area contributed by atoms with Crippen LogP contribution >= 0.6 is 0 Å². The van der Waals surface area contributed by atoms with E-state index in [0.717, 1.165) is 50.0 Å². The van der Waals surface area contributed by atoms with E-state index in [-0.39, 0.29) is 6.61 Å². The van der Waals surface area contributed by atoms with E-state index in [0.29, 0.717) is 12.2 Å². The van der Waals surface area contributed by atoms with Gasteiger partial charge in [-0.3, -0.25) is 4.90 Å². The summed E-state index contributed by atoms with van der Waals surface area (Å²) in [7, 11) is 0. The third-order valence-corrected chi connectivity index (χ3v) is 5.56. The number of aliphatic hydroxyl groups excluding tert-OH is 1. The maximum Gasteiger partial charge on any atom is 0.161 e. The minimum atomic E-state index is 0.191. The molecule has 3 N–H and O–H groups in total. The van der Waals surface area contributed by atoms with Gasteiger partial charge < -0.3 is 20.6 Å². The molecule has 0 spiro atoms. The van der Waals surface area contributed by atoms with E-state index in [1.807, 2.05) is 0 Å². The summed E-state index contributed by atoms with van der Waals surface area (Å²) in [4.78, 5) is 15.7. The fraction of sp³-hybridized carbons (Fsp3) is 0.364. The van der Waals surface area contributed by atoms with Crippen LogP contribution in [0.15, 0.2) is 48.8 Å². The highest BCUT2D eigenvalue weighted by Crippen LogP contribution is 2.36. The average molecular weight is 393 g/mol. The molecule has 29 heavy (non-hydrogen) atoms. The first kappa shape index (κ1) is 19.4. The van der Waals surface area contributed by atoms with E-state index in [1.165, 1.54) is 10.8 Å². The van der Waals surface area contributed by atoms with E-state index in [4.69, 9.17) is 10.8 Å². The minimum absolute atomic E-state index is 0.191. The second-order valence-corrected chi connectivity index (χ2v) is 7.23.